The van der Waals surface area contributed by atoms with Crippen LogP contribution in [-0.2, 0) is 13.1 Å². The highest BCUT2D eigenvalue weighted by Crippen LogP contribution is 2.28. The quantitative estimate of drug-likeness (QED) is 0.705. The van der Waals surface area contributed by atoms with E-state index in [1.165, 1.54) is 11.6 Å². The average Bonchev–Trinajstić information content (AvgIpc) is 3.01. The zero-order valence-electron chi connectivity index (χ0n) is 12.7. The number of oxazole rings is 1. The van der Waals surface area contributed by atoms with Crippen LogP contribution in [0.5, 0.6) is 0 Å². The minimum atomic E-state index is -0.912. The molecular weight excluding hydrogens is 310 g/mol. The van der Waals surface area contributed by atoms with Crippen molar-refractivity contribution in [3.05, 3.63) is 83.4 Å². The Labute approximate surface area is 137 Å². The molecule has 0 aliphatic carbocycles. The summed E-state index contributed by atoms with van der Waals surface area (Å²) in [4.78, 5) is 6.56. The molecule has 0 spiro atoms. The minimum absolute atomic E-state index is 0.296. The molecule has 3 nitrogen and oxygen atoms in total. The average molecular weight is 324 g/mol. The zero-order valence-corrected chi connectivity index (χ0v) is 12.7. The smallest absolute Gasteiger partial charge is 0.227 e. The lowest BCUT2D eigenvalue weighted by Crippen LogP contribution is -2.19. The Kier molecular flexibility index (Phi) is 3.61. The van der Waals surface area contributed by atoms with Crippen LogP contribution < -0.4 is 0 Å². The second-order valence-corrected chi connectivity index (χ2v) is 5.67. The third kappa shape index (κ3) is 2.80. The molecule has 0 atom stereocenters. The molecule has 5 heteroatoms. The van der Waals surface area contributed by atoms with E-state index in [4.69, 9.17) is 4.42 Å². The molecule has 1 aliphatic heterocycles. The highest BCUT2D eigenvalue weighted by Gasteiger charge is 2.19. The molecule has 0 fully saturated rings. The Morgan fingerprint density at radius 2 is 1.88 bits per heavy atom. The Balaban J connectivity index is 1.56. The monoisotopic (exact) mass is 324 g/mol. The van der Waals surface area contributed by atoms with Gasteiger partial charge in [0, 0.05) is 18.3 Å². The molecule has 0 saturated heterocycles. The van der Waals surface area contributed by atoms with Crippen LogP contribution in [0.1, 0.15) is 17.0 Å². The predicted molar refractivity (Wildman–Crippen MR) is 86.6 cm³/mol. The van der Waals surface area contributed by atoms with E-state index < -0.39 is 11.6 Å². The Morgan fingerprint density at radius 1 is 1.04 bits per heavy atom. The van der Waals surface area contributed by atoms with E-state index in [1.54, 1.807) is 0 Å². The van der Waals surface area contributed by atoms with Gasteiger partial charge < -0.3 is 9.32 Å². The van der Waals surface area contributed by atoms with Crippen LogP contribution in [0, 0.1) is 11.6 Å². The highest BCUT2D eigenvalue weighted by molar-refractivity contribution is 5.57. The van der Waals surface area contributed by atoms with Crippen molar-refractivity contribution in [3.8, 4) is 11.5 Å². The Morgan fingerprint density at radius 3 is 2.67 bits per heavy atom. The van der Waals surface area contributed by atoms with Crippen molar-refractivity contribution in [2.75, 3.05) is 0 Å². The summed E-state index contributed by atoms with van der Waals surface area (Å²) in [6.45, 7) is 1.37. The first-order valence-electron chi connectivity index (χ1n) is 7.60. The van der Waals surface area contributed by atoms with Gasteiger partial charge in [-0.05, 0) is 29.8 Å². The van der Waals surface area contributed by atoms with Gasteiger partial charge in [0.15, 0.2) is 17.4 Å². The fourth-order valence-electron chi connectivity index (χ4n) is 2.70. The molecule has 0 radical (unpaired) electrons. The third-order valence-electron chi connectivity index (χ3n) is 3.91. The van der Waals surface area contributed by atoms with E-state index in [-0.39, 0.29) is 0 Å². The van der Waals surface area contributed by atoms with Gasteiger partial charge in [-0.15, -0.1) is 0 Å². The summed E-state index contributed by atoms with van der Waals surface area (Å²) < 4.78 is 32.1. The maximum Gasteiger partial charge on any atom is 0.227 e. The molecule has 1 aliphatic rings. The van der Waals surface area contributed by atoms with Crippen molar-refractivity contribution in [2.45, 2.75) is 13.1 Å². The van der Waals surface area contributed by atoms with Crippen LogP contribution in [-0.4, -0.2) is 9.88 Å². The molecule has 4 rings (SSSR count). The van der Waals surface area contributed by atoms with E-state index in [9.17, 15) is 8.78 Å². The molecule has 24 heavy (non-hydrogen) atoms. The van der Waals surface area contributed by atoms with E-state index >= 15 is 0 Å². The second-order valence-electron chi connectivity index (χ2n) is 5.67. The van der Waals surface area contributed by atoms with Crippen LogP contribution in [0.15, 0.2) is 59.1 Å². The molecule has 0 saturated carbocycles. The van der Waals surface area contributed by atoms with Crippen molar-refractivity contribution in [3.63, 3.8) is 0 Å². The van der Waals surface area contributed by atoms with Crippen LogP contribution in [0.3, 0.4) is 0 Å². The SMILES string of the molecule is Fc1ccc(-c2nc3c(o2)C=CN(Cc2ccccc2)C3)cc1F. The first-order valence-corrected chi connectivity index (χ1v) is 7.60. The Hall–Kier alpha value is -2.95. The number of halogens is 2. The van der Waals surface area contributed by atoms with Gasteiger partial charge in [-0.1, -0.05) is 30.3 Å². The van der Waals surface area contributed by atoms with Gasteiger partial charge in [-0.25, -0.2) is 13.8 Å². The summed E-state index contributed by atoms with van der Waals surface area (Å²) in [5.41, 5.74) is 2.41. The molecule has 2 aromatic carbocycles. The number of aromatic nitrogens is 1. The lowest BCUT2D eigenvalue weighted by Gasteiger charge is -2.22. The molecule has 1 aromatic heterocycles. The first-order chi connectivity index (χ1) is 11.7. The van der Waals surface area contributed by atoms with Crippen molar-refractivity contribution in [1.82, 2.24) is 9.88 Å². The van der Waals surface area contributed by atoms with Crippen molar-refractivity contribution < 1.29 is 13.2 Å². The lowest BCUT2D eigenvalue weighted by atomic mass is 10.2. The Bertz CT molecular complexity index is 903. The predicted octanol–water partition coefficient (Wildman–Crippen LogP) is 4.61. The molecule has 120 valence electrons. The molecule has 0 N–H and O–H groups in total. The van der Waals surface area contributed by atoms with Crippen LogP contribution >= 0.6 is 0 Å². The lowest BCUT2D eigenvalue weighted by molar-refractivity contribution is 0.352. The fraction of sp³-hybridized carbons (Fsp3) is 0.105. The largest absolute Gasteiger partial charge is 0.436 e. The topological polar surface area (TPSA) is 29.3 Å². The number of fused-ring (bicyclic) bond motifs is 1. The third-order valence-corrected chi connectivity index (χ3v) is 3.91. The van der Waals surface area contributed by atoms with Gasteiger partial charge in [0.2, 0.25) is 5.89 Å². The zero-order chi connectivity index (χ0) is 16.5. The molecule has 0 bridgehead atoms. The van der Waals surface area contributed by atoms with E-state index in [0.717, 1.165) is 24.4 Å². The van der Waals surface area contributed by atoms with Gasteiger partial charge in [-0.2, -0.15) is 0 Å². The summed E-state index contributed by atoms with van der Waals surface area (Å²) in [7, 11) is 0. The maximum absolute atomic E-state index is 13.4. The number of benzene rings is 2. The number of rotatable bonds is 3. The van der Waals surface area contributed by atoms with Crippen molar-refractivity contribution >= 4 is 6.08 Å². The number of hydrogen-bond acceptors (Lipinski definition) is 3. The minimum Gasteiger partial charge on any atom is -0.436 e. The second kappa shape index (κ2) is 5.92. The van der Waals surface area contributed by atoms with Crippen LogP contribution in [0.4, 0.5) is 8.78 Å². The van der Waals surface area contributed by atoms with Crippen molar-refractivity contribution in [1.29, 1.82) is 0 Å². The van der Waals surface area contributed by atoms with Crippen LogP contribution in [0.25, 0.3) is 17.5 Å². The highest BCUT2D eigenvalue weighted by atomic mass is 19.2. The number of hydrogen-bond donors (Lipinski definition) is 0. The van der Waals surface area contributed by atoms with E-state index in [2.05, 4.69) is 22.0 Å². The van der Waals surface area contributed by atoms with E-state index in [0.29, 0.717) is 23.8 Å². The van der Waals surface area contributed by atoms with Gasteiger partial charge in [0.1, 0.15) is 5.69 Å². The van der Waals surface area contributed by atoms with E-state index in [1.807, 2.05) is 30.5 Å². The van der Waals surface area contributed by atoms with Gasteiger partial charge >= 0.3 is 0 Å². The molecule has 2 heterocycles. The molecule has 0 unspecified atom stereocenters. The summed E-state index contributed by atoms with van der Waals surface area (Å²) in [5.74, 6) is -0.849. The van der Waals surface area contributed by atoms with Gasteiger partial charge in [0.25, 0.3) is 0 Å². The summed E-state index contributed by atoms with van der Waals surface area (Å²) in [6, 6.07) is 13.8. The summed E-state index contributed by atoms with van der Waals surface area (Å²) in [5, 5.41) is 0. The maximum atomic E-state index is 13.4. The fourth-order valence-corrected chi connectivity index (χ4v) is 2.70. The summed E-state index contributed by atoms with van der Waals surface area (Å²) in [6.07, 6.45) is 3.80. The number of nitrogens with zero attached hydrogens (tertiary/aromatic N) is 2. The molecule has 0 amide bonds. The standard InChI is InChI=1S/C19H14F2N2O/c20-15-7-6-14(10-16(15)21)19-22-17-12-23(9-8-18(17)24-19)11-13-4-2-1-3-5-13/h1-10H,11-12H2. The van der Waals surface area contributed by atoms with Gasteiger partial charge in [0.05, 0.1) is 6.54 Å². The van der Waals surface area contributed by atoms with Crippen molar-refractivity contribution in [2.24, 2.45) is 0 Å². The molecule has 3 aromatic rings. The molecular formula is C19H14F2N2O. The normalized spacial score (nSPS) is 13.2. The van der Waals surface area contributed by atoms with Gasteiger partial charge in [-0.3, -0.25) is 0 Å². The van der Waals surface area contributed by atoms with Crippen LogP contribution in [0.2, 0.25) is 0 Å². The first kappa shape index (κ1) is 14.6. The summed E-state index contributed by atoms with van der Waals surface area (Å²) >= 11 is 0.